The van der Waals surface area contributed by atoms with E-state index >= 15 is 0 Å². The van der Waals surface area contributed by atoms with Gasteiger partial charge in [-0.3, -0.25) is 9.59 Å². The maximum Gasteiger partial charge on any atom is 0.430 e. The van der Waals surface area contributed by atoms with Gasteiger partial charge < -0.3 is 23.8 Å². The number of hydrogen-bond donors (Lipinski definition) is 1. The minimum atomic E-state index is -0.911. The number of ether oxygens (including phenoxy) is 4. The highest BCUT2D eigenvalue weighted by atomic mass is 16.7. The summed E-state index contributed by atoms with van der Waals surface area (Å²) in [7, 11) is 0. The summed E-state index contributed by atoms with van der Waals surface area (Å²) in [6.45, 7) is 4.10. The second-order valence-corrected chi connectivity index (χ2v) is 9.51. The van der Waals surface area contributed by atoms with E-state index in [9.17, 15) is 24.0 Å². The minimum Gasteiger partial charge on any atom is -0.464 e. The van der Waals surface area contributed by atoms with Gasteiger partial charge in [-0.25, -0.2) is 19.8 Å². The zero-order valence-electron chi connectivity index (χ0n) is 23.7. The molecule has 2 amide bonds. The van der Waals surface area contributed by atoms with Crippen molar-refractivity contribution in [1.82, 2.24) is 10.3 Å². The first kappa shape index (κ1) is 31.9. The zero-order valence-corrected chi connectivity index (χ0v) is 23.7. The fraction of sp³-hybridized carbons (Fsp3) is 0.400. The molecule has 1 aliphatic heterocycles. The predicted molar refractivity (Wildman–Crippen MR) is 151 cm³/mol. The lowest BCUT2D eigenvalue weighted by Gasteiger charge is -2.33. The van der Waals surface area contributed by atoms with Crippen LogP contribution in [0.25, 0.3) is 0 Å². The molecule has 12 nitrogen and oxygen atoms in total. The van der Waals surface area contributed by atoms with Crippen molar-refractivity contribution in [2.24, 2.45) is 11.0 Å². The van der Waals surface area contributed by atoms with E-state index in [1.807, 2.05) is 0 Å². The molecule has 1 aliphatic rings. The van der Waals surface area contributed by atoms with Crippen LogP contribution in [0.2, 0.25) is 0 Å². The first-order valence-corrected chi connectivity index (χ1v) is 13.6. The highest BCUT2D eigenvalue weighted by Crippen LogP contribution is 2.19. The van der Waals surface area contributed by atoms with Gasteiger partial charge in [-0.2, -0.15) is 5.10 Å². The SMILES string of the molecule is CCOC(=O)COC1CCN(C(=O)[C@H](C)CC(=O)c2ccc(C=NNC(=O)OCOC(=O)c3ccccc3)cc2)CC1. The molecule has 0 spiro atoms. The molecular weight excluding hydrogens is 546 g/mol. The molecule has 3 rings (SSSR count). The number of benzene rings is 2. The van der Waals surface area contributed by atoms with Gasteiger partial charge in [0, 0.05) is 31.0 Å². The van der Waals surface area contributed by atoms with Crippen LogP contribution in [0, 0.1) is 5.92 Å². The molecular formula is C30H35N3O9. The van der Waals surface area contributed by atoms with Crippen LogP contribution >= 0.6 is 0 Å². The zero-order chi connectivity index (χ0) is 30.3. The van der Waals surface area contributed by atoms with Crippen LogP contribution in [-0.2, 0) is 28.5 Å². The van der Waals surface area contributed by atoms with Gasteiger partial charge in [0.2, 0.25) is 12.7 Å². The van der Waals surface area contributed by atoms with Crippen LogP contribution in [0.5, 0.6) is 0 Å². The van der Waals surface area contributed by atoms with E-state index < -0.39 is 30.7 Å². The number of Topliss-reactive ketones (excluding diaryl/α,β-unsaturated/α-hetero) is 1. The molecule has 42 heavy (non-hydrogen) atoms. The number of likely N-dealkylation sites (tertiary alicyclic amines) is 1. The van der Waals surface area contributed by atoms with Crippen LogP contribution < -0.4 is 5.43 Å². The third-order valence-electron chi connectivity index (χ3n) is 6.40. The van der Waals surface area contributed by atoms with Crippen LogP contribution in [0.15, 0.2) is 59.7 Å². The molecule has 2 aromatic rings. The topological polar surface area (TPSA) is 150 Å². The second kappa shape index (κ2) is 16.6. The average Bonchev–Trinajstić information content (AvgIpc) is 3.00. The van der Waals surface area contributed by atoms with Gasteiger partial charge in [0.15, 0.2) is 5.78 Å². The maximum absolute atomic E-state index is 12.9. The van der Waals surface area contributed by atoms with Crippen molar-refractivity contribution in [3.05, 3.63) is 71.3 Å². The number of hydrogen-bond acceptors (Lipinski definition) is 10. The van der Waals surface area contributed by atoms with E-state index in [2.05, 4.69) is 10.5 Å². The second-order valence-electron chi connectivity index (χ2n) is 9.51. The van der Waals surface area contributed by atoms with Gasteiger partial charge >= 0.3 is 18.0 Å². The van der Waals surface area contributed by atoms with Crippen LogP contribution in [0.4, 0.5) is 4.79 Å². The predicted octanol–water partition coefficient (Wildman–Crippen LogP) is 3.34. The number of amides is 2. The third-order valence-corrected chi connectivity index (χ3v) is 6.40. The molecule has 0 aliphatic carbocycles. The van der Waals surface area contributed by atoms with E-state index in [0.29, 0.717) is 49.2 Å². The average molecular weight is 582 g/mol. The monoisotopic (exact) mass is 581 g/mol. The van der Waals surface area contributed by atoms with Crippen molar-refractivity contribution in [2.45, 2.75) is 39.2 Å². The van der Waals surface area contributed by atoms with E-state index in [-0.39, 0.29) is 30.8 Å². The van der Waals surface area contributed by atoms with E-state index in [4.69, 9.17) is 18.9 Å². The highest BCUT2D eigenvalue weighted by molar-refractivity contribution is 5.99. The summed E-state index contributed by atoms with van der Waals surface area (Å²) < 4.78 is 20.0. The molecule has 1 fully saturated rings. The van der Waals surface area contributed by atoms with E-state index in [1.165, 1.54) is 6.21 Å². The molecule has 0 aromatic heterocycles. The number of hydrazone groups is 1. The number of nitrogens with zero attached hydrogens (tertiary/aromatic N) is 2. The van der Waals surface area contributed by atoms with Gasteiger partial charge in [-0.05, 0) is 37.5 Å². The van der Waals surface area contributed by atoms with Crippen molar-refractivity contribution in [3.8, 4) is 0 Å². The van der Waals surface area contributed by atoms with Crippen molar-refractivity contribution in [3.63, 3.8) is 0 Å². The maximum atomic E-state index is 12.9. The Morgan fingerprint density at radius 3 is 2.31 bits per heavy atom. The summed E-state index contributed by atoms with van der Waals surface area (Å²) in [5.74, 6) is -1.78. The van der Waals surface area contributed by atoms with Crippen LogP contribution in [-0.4, -0.2) is 80.0 Å². The van der Waals surface area contributed by atoms with Crippen LogP contribution in [0.3, 0.4) is 0 Å². The molecule has 1 N–H and O–H groups in total. The van der Waals surface area contributed by atoms with E-state index in [1.54, 1.807) is 73.3 Å². The summed E-state index contributed by atoms with van der Waals surface area (Å²) >= 11 is 0. The third kappa shape index (κ3) is 10.4. The largest absolute Gasteiger partial charge is 0.464 e. The number of esters is 2. The summed E-state index contributed by atoms with van der Waals surface area (Å²) in [6, 6.07) is 14.8. The molecule has 1 atom stereocenters. The molecule has 224 valence electrons. The Morgan fingerprint density at radius 1 is 0.952 bits per heavy atom. The van der Waals surface area contributed by atoms with E-state index in [0.717, 1.165) is 0 Å². The fourth-order valence-corrected chi connectivity index (χ4v) is 4.17. The van der Waals surface area contributed by atoms with Crippen molar-refractivity contribution >= 4 is 35.9 Å². The normalized spacial score (nSPS) is 14.2. The summed E-state index contributed by atoms with van der Waals surface area (Å²) in [5, 5.41) is 3.77. The summed E-state index contributed by atoms with van der Waals surface area (Å²) in [4.78, 5) is 62.4. The molecule has 0 bridgehead atoms. The lowest BCUT2D eigenvalue weighted by Crippen LogP contribution is -2.43. The Balaban J connectivity index is 1.35. The Morgan fingerprint density at radius 2 is 1.64 bits per heavy atom. The molecule has 2 aromatic carbocycles. The number of piperidine rings is 1. The van der Waals surface area contributed by atoms with Gasteiger partial charge in [0.25, 0.3) is 0 Å². The Kier molecular flexibility index (Phi) is 12.6. The van der Waals surface area contributed by atoms with Gasteiger partial charge in [-0.1, -0.05) is 49.4 Å². The molecule has 0 radical (unpaired) electrons. The fourth-order valence-electron chi connectivity index (χ4n) is 4.17. The first-order valence-electron chi connectivity index (χ1n) is 13.6. The number of ketones is 1. The first-order chi connectivity index (χ1) is 20.3. The highest BCUT2D eigenvalue weighted by Gasteiger charge is 2.28. The molecule has 12 heteroatoms. The lowest BCUT2D eigenvalue weighted by atomic mass is 9.97. The van der Waals surface area contributed by atoms with Gasteiger partial charge in [0.1, 0.15) is 6.61 Å². The van der Waals surface area contributed by atoms with Crippen LogP contribution in [0.1, 0.15) is 59.4 Å². The number of carbonyl (C=O) groups excluding carboxylic acids is 5. The number of carbonyl (C=O) groups is 5. The molecule has 1 heterocycles. The van der Waals surface area contributed by atoms with Gasteiger partial charge in [-0.15, -0.1) is 0 Å². The van der Waals surface area contributed by atoms with Crippen molar-refractivity contribution in [1.29, 1.82) is 0 Å². The van der Waals surface area contributed by atoms with Crippen molar-refractivity contribution in [2.75, 3.05) is 33.1 Å². The molecule has 0 unspecified atom stereocenters. The quantitative estimate of drug-likeness (QED) is 0.124. The standard InChI is InChI=1S/C30H35N3O9/c1-3-39-27(35)19-40-25-13-15-33(16-14-25)28(36)21(2)17-26(34)23-11-9-22(10-12-23)18-31-32-30(38)42-20-41-29(37)24-7-5-4-6-8-24/h4-12,18,21,25H,3,13-17,19-20H2,1-2H3,(H,32,38)/t21-/m1/s1. The number of rotatable bonds is 13. The lowest BCUT2D eigenvalue weighted by molar-refractivity contribution is -0.152. The minimum absolute atomic E-state index is 0.0633. The summed E-state index contributed by atoms with van der Waals surface area (Å²) in [6.07, 6.45) is 1.63. The van der Waals surface area contributed by atoms with Crippen molar-refractivity contribution < 1.29 is 42.9 Å². The number of nitrogens with one attached hydrogen (secondary N) is 1. The Labute approximate surface area is 243 Å². The van der Waals surface area contributed by atoms with Gasteiger partial charge in [0.05, 0.1) is 24.5 Å². The Bertz CT molecular complexity index is 1240. The summed E-state index contributed by atoms with van der Waals surface area (Å²) in [5.41, 5.74) is 3.54. The smallest absolute Gasteiger partial charge is 0.430 e. The Hall–Kier alpha value is -4.58. The molecule has 0 saturated carbocycles. The molecule has 1 saturated heterocycles.